The van der Waals surface area contributed by atoms with Crippen molar-refractivity contribution in [3.63, 3.8) is 0 Å². The maximum atomic E-state index is 13.2. The molecule has 170 valence electrons. The second-order valence-corrected chi connectivity index (χ2v) is 9.68. The highest BCUT2D eigenvalue weighted by molar-refractivity contribution is 7.10. The number of ketones is 1. The van der Waals surface area contributed by atoms with Gasteiger partial charge in [0.05, 0.1) is 12.2 Å². The number of rotatable bonds is 6. The van der Waals surface area contributed by atoms with Gasteiger partial charge in [-0.1, -0.05) is 32.0 Å². The second-order valence-electron chi connectivity index (χ2n) is 8.70. The van der Waals surface area contributed by atoms with Crippen molar-refractivity contribution in [1.29, 1.82) is 0 Å². The van der Waals surface area contributed by atoms with E-state index in [2.05, 4.69) is 13.8 Å². The number of hydrogen-bond donors (Lipinski definition) is 1. The van der Waals surface area contributed by atoms with Crippen LogP contribution in [0.1, 0.15) is 41.5 Å². The Morgan fingerprint density at radius 3 is 2.45 bits per heavy atom. The predicted molar refractivity (Wildman–Crippen MR) is 132 cm³/mol. The van der Waals surface area contributed by atoms with E-state index < -0.39 is 17.7 Å². The van der Waals surface area contributed by atoms with Crippen LogP contribution in [0.25, 0.3) is 5.76 Å². The number of aliphatic hydroxyl groups excluding tert-OH is 1. The van der Waals surface area contributed by atoms with Crippen molar-refractivity contribution in [2.75, 3.05) is 11.5 Å². The standard InChI is InChI=1S/C27H27NO4S/c1-16(2)15-32-20-11-9-19(10-12-20)25(29)23-24(22-6-5-13-33-22)28(27(31)26(23)30)21-14-17(3)7-8-18(21)4/h5-14,16,24,29H,15H2,1-4H3/b25-23-. The molecule has 1 amide bonds. The normalized spacial score (nSPS) is 17.7. The Kier molecular flexibility index (Phi) is 6.38. The molecule has 6 heteroatoms. The van der Waals surface area contributed by atoms with Gasteiger partial charge in [-0.05, 0) is 72.7 Å². The van der Waals surface area contributed by atoms with Gasteiger partial charge >= 0.3 is 0 Å². The minimum atomic E-state index is -0.692. The molecule has 0 radical (unpaired) electrons. The first-order valence-electron chi connectivity index (χ1n) is 10.9. The van der Waals surface area contributed by atoms with E-state index in [0.717, 1.165) is 16.0 Å². The molecule has 2 heterocycles. The Morgan fingerprint density at radius 1 is 1.09 bits per heavy atom. The summed E-state index contributed by atoms with van der Waals surface area (Å²) in [6.07, 6.45) is 0. The van der Waals surface area contributed by atoms with E-state index in [9.17, 15) is 14.7 Å². The maximum Gasteiger partial charge on any atom is 0.300 e. The summed E-state index contributed by atoms with van der Waals surface area (Å²) in [6.45, 7) is 8.59. The topological polar surface area (TPSA) is 66.8 Å². The minimum absolute atomic E-state index is 0.0965. The molecule has 1 aromatic heterocycles. The first-order valence-corrected chi connectivity index (χ1v) is 11.8. The number of hydrogen-bond acceptors (Lipinski definition) is 5. The van der Waals surface area contributed by atoms with Crippen LogP contribution in [-0.2, 0) is 9.59 Å². The molecule has 0 aliphatic carbocycles. The molecule has 1 atom stereocenters. The number of aliphatic hydroxyl groups is 1. The molecule has 0 spiro atoms. The SMILES string of the molecule is Cc1ccc(C)c(N2C(=O)C(=O)/C(=C(\O)c3ccc(OCC(C)C)cc3)C2c2cccs2)c1. The summed E-state index contributed by atoms with van der Waals surface area (Å²) in [6, 6.07) is 15.8. The molecule has 1 saturated heterocycles. The van der Waals surface area contributed by atoms with E-state index in [1.54, 1.807) is 24.3 Å². The van der Waals surface area contributed by atoms with Crippen LogP contribution in [0.2, 0.25) is 0 Å². The third kappa shape index (κ3) is 4.44. The van der Waals surface area contributed by atoms with Gasteiger partial charge in [-0.25, -0.2) is 0 Å². The summed E-state index contributed by atoms with van der Waals surface area (Å²) in [7, 11) is 0. The van der Waals surface area contributed by atoms with E-state index >= 15 is 0 Å². The van der Waals surface area contributed by atoms with Gasteiger partial charge in [0, 0.05) is 16.1 Å². The molecular formula is C27H27NO4S. The third-order valence-electron chi connectivity index (χ3n) is 5.59. The van der Waals surface area contributed by atoms with Gasteiger partial charge < -0.3 is 9.84 Å². The summed E-state index contributed by atoms with van der Waals surface area (Å²) < 4.78 is 5.72. The fourth-order valence-electron chi connectivity index (χ4n) is 3.90. The third-order valence-corrected chi connectivity index (χ3v) is 6.52. The lowest BCUT2D eigenvalue weighted by Crippen LogP contribution is -2.29. The smallest absolute Gasteiger partial charge is 0.300 e. The Hall–Kier alpha value is -3.38. The van der Waals surface area contributed by atoms with Crippen LogP contribution in [0.3, 0.4) is 0 Å². The van der Waals surface area contributed by atoms with E-state index in [-0.39, 0.29) is 11.3 Å². The van der Waals surface area contributed by atoms with Gasteiger partial charge in [-0.2, -0.15) is 0 Å². The Balaban J connectivity index is 1.81. The van der Waals surface area contributed by atoms with Crippen molar-refractivity contribution in [2.24, 2.45) is 5.92 Å². The average Bonchev–Trinajstić information content (AvgIpc) is 3.41. The number of amides is 1. The van der Waals surface area contributed by atoms with Crippen molar-refractivity contribution >= 4 is 34.5 Å². The molecule has 4 rings (SSSR count). The molecule has 1 aliphatic heterocycles. The number of benzene rings is 2. The van der Waals surface area contributed by atoms with Crippen LogP contribution in [0.5, 0.6) is 5.75 Å². The average molecular weight is 462 g/mol. The minimum Gasteiger partial charge on any atom is -0.507 e. The summed E-state index contributed by atoms with van der Waals surface area (Å²) >= 11 is 1.45. The number of ether oxygens (including phenoxy) is 1. The van der Waals surface area contributed by atoms with Crippen molar-refractivity contribution in [1.82, 2.24) is 0 Å². The van der Waals surface area contributed by atoms with Crippen LogP contribution in [0.15, 0.2) is 65.6 Å². The van der Waals surface area contributed by atoms with Gasteiger partial charge in [-0.15, -0.1) is 11.3 Å². The highest BCUT2D eigenvalue weighted by Crippen LogP contribution is 2.44. The van der Waals surface area contributed by atoms with E-state index in [0.29, 0.717) is 29.5 Å². The summed E-state index contributed by atoms with van der Waals surface area (Å²) in [5, 5.41) is 13.1. The number of carbonyl (C=O) groups is 2. The number of Topliss-reactive ketones (excluding diaryl/α,β-unsaturated/α-hetero) is 1. The van der Waals surface area contributed by atoms with E-state index in [4.69, 9.17) is 4.74 Å². The largest absolute Gasteiger partial charge is 0.507 e. The molecule has 0 bridgehead atoms. The first-order chi connectivity index (χ1) is 15.8. The van der Waals surface area contributed by atoms with E-state index in [1.165, 1.54) is 16.2 Å². The summed E-state index contributed by atoms with van der Waals surface area (Å²) in [5.41, 5.74) is 3.11. The number of anilines is 1. The van der Waals surface area contributed by atoms with E-state index in [1.807, 2.05) is 49.6 Å². The zero-order valence-electron chi connectivity index (χ0n) is 19.2. The lowest BCUT2D eigenvalue weighted by molar-refractivity contribution is -0.132. The van der Waals surface area contributed by atoms with Gasteiger partial charge in [0.1, 0.15) is 17.6 Å². The maximum absolute atomic E-state index is 13.2. The molecule has 1 aliphatic rings. The lowest BCUT2D eigenvalue weighted by atomic mass is 9.99. The highest BCUT2D eigenvalue weighted by Gasteiger charge is 2.47. The van der Waals surface area contributed by atoms with Gasteiger partial charge in [-0.3, -0.25) is 14.5 Å². The fraction of sp³-hybridized carbons (Fsp3) is 0.259. The lowest BCUT2D eigenvalue weighted by Gasteiger charge is -2.26. The highest BCUT2D eigenvalue weighted by atomic mass is 32.1. The Bertz CT molecular complexity index is 1210. The Morgan fingerprint density at radius 2 is 1.82 bits per heavy atom. The van der Waals surface area contributed by atoms with Crippen LogP contribution < -0.4 is 9.64 Å². The molecule has 5 nitrogen and oxygen atoms in total. The van der Waals surface area contributed by atoms with Crippen molar-refractivity contribution in [3.8, 4) is 5.75 Å². The van der Waals surface area contributed by atoms with Gasteiger partial charge in [0.15, 0.2) is 0 Å². The first kappa shape index (κ1) is 22.8. The zero-order valence-corrected chi connectivity index (χ0v) is 20.0. The number of thiophene rings is 1. The molecule has 0 saturated carbocycles. The number of nitrogens with zero attached hydrogens (tertiary/aromatic N) is 1. The molecule has 1 fully saturated rings. The summed E-state index contributed by atoms with van der Waals surface area (Å²) in [5.74, 6) is -0.432. The molecule has 33 heavy (non-hydrogen) atoms. The molecule has 3 aromatic rings. The molecule has 1 unspecified atom stereocenters. The van der Waals surface area contributed by atoms with Crippen molar-refractivity contribution in [3.05, 3.63) is 87.1 Å². The summed E-state index contributed by atoms with van der Waals surface area (Å²) in [4.78, 5) is 28.8. The Labute approximate surface area is 197 Å². The van der Waals surface area contributed by atoms with Crippen LogP contribution in [-0.4, -0.2) is 23.4 Å². The molecule has 2 aromatic carbocycles. The molecular weight excluding hydrogens is 434 g/mol. The van der Waals surface area contributed by atoms with Gasteiger partial charge in [0.25, 0.3) is 11.7 Å². The van der Waals surface area contributed by atoms with Crippen molar-refractivity contribution < 1.29 is 19.4 Å². The molecule has 1 N–H and O–H groups in total. The predicted octanol–water partition coefficient (Wildman–Crippen LogP) is 6.03. The van der Waals surface area contributed by atoms with Gasteiger partial charge in [0.2, 0.25) is 0 Å². The quantitative estimate of drug-likeness (QED) is 0.277. The second kappa shape index (κ2) is 9.24. The van der Waals surface area contributed by atoms with Crippen LogP contribution in [0, 0.1) is 19.8 Å². The number of aryl methyl sites for hydroxylation is 2. The van der Waals surface area contributed by atoms with Crippen LogP contribution >= 0.6 is 11.3 Å². The number of carbonyl (C=O) groups excluding carboxylic acids is 2. The monoisotopic (exact) mass is 461 g/mol. The fourth-order valence-corrected chi connectivity index (χ4v) is 4.73. The zero-order chi connectivity index (χ0) is 23.7. The van der Waals surface area contributed by atoms with Crippen molar-refractivity contribution in [2.45, 2.75) is 33.7 Å². The van der Waals surface area contributed by atoms with Crippen LogP contribution in [0.4, 0.5) is 5.69 Å².